The van der Waals surface area contributed by atoms with Gasteiger partial charge < -0.3 is 0 Å². The number of rotatable bonds is 5. The van der Waals surface area contributed by atoms with E-state index in [1.165, 1.54) is 6.14 Å². The molecule has 0 bridgehead atoms. The van der Waals surface area contributed by atoms with Crippen LogP contribution in [0.15, 0.2) is 54.6 Å². The van der Waals surface area contributed by atoms with Crippen LogP contribution in [0.4, 0.5) is 5.69 Å². The Labute approximate surface area is 152 Å². The first-order valence-electron chi connectivity index (χ1n) is 6.84. The van der Waals surface area contributed by atoms with Crippen molar-refractivity contribution in [2.45, 2.75) is 0 Å². The van der Waals surface area contributed by atoms with Gasteiger partial charge in [0.2, 0.25) is 0 Å². The van der Waals surface area contributed by atoms with Crippen molar-refractivity contribution in [1.29, 1.82) is 0 Å². The van der Waals surface area contributed by atoms with Gasteiger partial charge in [0, 0.05) is 0 Å². The number of nitrogens with zero attached hydrogens (tertiary/aromatic N) is 1. The Morgan fingerprint density at radius 1 is 1.05 bits per heavy atom. The molecule has 2 rings (SSSR count). The molecule has 2 aromatic rings. The molecule has 0 aliphatic heterocycles. The average Bonchev–Trinajstić information content (AvgIpc) is 2.48. The monoisotopic (exact) mass is 577 g/mol. The van der Waals surface area contributed by atoms with Crippen LogP contribution in [0.3, 0.4) is 0 Å². The van der Waals surface area contributed by atoms with Crippen molar-refractivity contribution in [3.05, 3.63) is 54.6 Å². The second kappa shape index (κ2) is 7.74. The summed E-state index contributed by atoms with van der Waals surface area (Å²) in [6.07, 6.45) is 0. The molecule has 0 atom stereocenters. The molecular formula is C16H17HgNO2Sn+. The van der Waals surface area contributed by atoms with Crippen molar-refractivity contribution in [1.82, 2.24) is 4.48 Å². The van der Waals surface area contributed by atoms with Crippen LogP contribution in [0.5, 0.6) is 0 Å². The fourth-order valence-corrected chi connectivity index (χ4v) is 8.12. The summed E-state index contributed by atoms with van der Waals surface area (Å²) in [7, 11) is 4.06. The van der Waals surface area contributed by atoms with Crippen LogP contribution in [-0.4, -0.2) is 49.5 Å². The number of likely N-dealkylation sites (N-methyl/N-ethyl adjacent to an activating group) is 1. The van der Waals surface area contributed by atoms with Crippen molar-refractivity contribution >= 4 is 40.7 Å². The van der Waals surface area contributed by atoms with E-state index < -0.39 is 24.6 Å². The fraction of sp³-hybridized carbons (Fsp3) is 0.188. The zero-order chi connectivity index (χ0) is 15.3. The van der Waals surface area contributed by atoms with Gasteiger partial charge in [0.1, 0.15) is 0 Å². The molecule has 21 heavy (non-hydrogen) atoms. The topological polar surface area (TPSA) is 26.3 Å². The number of hydrogen-bond acceptors (Lipinski definition) is 2. The van der Waals surface area contributed by atoms with Crippen molar-refractivity contribution in [2.75, 3.05) is 20.6 Å². The average molecular weight is 575 g/mol. The quantitative estimate of drug-likeness (QED) is 0.393. The Morgan fingerprint density at radius 3 is 2.19 bits per heavy atom. The molecule has 0 heterocycles. The molecule has 0 saturated heterocycles. The fourth-order valence-electron chi connectivity index (χ4n) is 2.30. The van der Waals surface area contributed by atoms with E-state index in [9.17, 15) is 4.79 Å². The van der Waals surface area contributed by atoms with Crippen molar-refractivity contribution in [3.8, 4) is 0 Å². The third-order valence-electron chi connectivity index (χ3n) is 3.52. The molecule has 0 aromatic heterocycles. The van der Waals surface area contributed by atoms with Crippen LogP contribution in [-0.2, 0) is 32.4 Å². The van der Waals surface area contributed by atoms with Gasteiger partial charge in [-0.25, -0.2) is 0 Å². The Bertz CT molecular complexity index is 599. The van der Waals surface area contributed by atoms with Gasteiger partial charge in [0.05, 0.1) is 0 Å². The second-order valence-electron chi connectivity index (χ2n) is 5.65. The minimum absolute atomic E-state index is 0.147. The summed E-state index contributed by atoms with van der Waals surface area (Å²) in [5.41, 5.74) is 1.14. The maximum atomic E-state index is 11.5. The Balaban J connectivity index is 2.09. The molecule has 2 aromatic carbocycles. The van der Waals surface area contributed by atoms with Gasteiger partial charge in [0.15, 0.2) is 0 Å². The van der Waals surface area contributed by atoms with Crippen molar-refractivity contribution in [2.24, 2.45) is 0 Å². The predicted octanol–water partition coefficient (Wildman–Crippen LogP) is 0.913. The number of hydrogen-bond donors (Lipinski definition) is 0. The normalized spacial score (nSPS) is 10.8. The number of quaternary nitrogens is 1. The summed E-state index contributed by atoms with van der Waals surface area (Å²) in [5.74, 6) is -0.147. The summed E-state index contributed by atoms with van der Waals surface area (Å²) in [6.45, 7) is 0.369. The van der Waals surface area contributed by atoms with Gasteiger partial charge in [-0.15, -0.1) is 0 Å². The van der Waals surface area contributed by atoms with E-state index in [1.807, 2.05) is 14.1 Å². The number of benzene rings is 2. The maximum absolute atomic E-state index is 11.5. The Morgan fingerprint density at radius 2 is 1.62 bits per heavy atom. The summed E-state index contributed by atoms with van der Waals surface area (Å²) in [4.78, 5) is 11.5. The van der Waals surface area contributed by atoms with E-state index in [1.54, 1.807) is 0 Å². The zero-order valence-corrected chi connectivity index (χ0v) is 20.7. The third-order valence-corrected chi connectivity index (χ3v) is 11.0. The number of carbonyl (C=O) groups excluding carboxylic acids is 1. The van der Waals surface area contributed by atoms with Crippen LogP contribution in [0.25, 0.3) is 0 Å². The number of carbonyl (C=O) groups is 1. The van der Waals surface area contributed by atoms with E-state index in [0.29, 0.717) is 11.0 Å². The standard InChI is InChI=1S/C10H12NO2.C6H5.Hg.Sn/c1-11(2,8-10(12)13)9-6-4-3-5-7-9;1-2-4-6-5-3-1;;/h4-7H,8H2,1-2H3;1-5H;;/q;;;+1. The van der Waals surface area contributed by atoms with E-state index >= 15 is 0 Å². The van der Waals surface area contributed by atoms with E-state index in [-0.39, 0.29) is 5.97 Å². The molecule has 0 aliphatic carbocycles. The zero-order valence-electron chi connectivity index (χ0n) is 12.4. The van der Waals surface area contributed by atoms with Crippen molar-refractivity contribution in [3.63, 3.8) is 0 Å². The van der Waals surface area contributed by atoms with E-state index in [0.717, 1.165) is 28.6 Å². The summed E-state index contributed by atoms with van der Waals surface area (Å²) < 4.78 is 8.40. The van der Waals surface area contributed by atoms with E-state index in [2.05, 4.69) is 54.6 Å². The molecule has 0 saturated carbocycles. The molecule has 3 nitrogen and oxygen atoms in total. The third kappa shape index (κ3) is 5.07. The minimum atomic E-state index is -1.22. The van der Waals surface area contributed by atoms with Crippen LogP contribution >= 0.6 is 0 Å². The van der Waals surface area contributed by atoms with Gasteiger partial charge in [0.25, 0.3) is 0 Å². The predicted molar refractivity (Wildman–Crippen MR) is 82.5 cm³/mol. The first-order valence-corrected chi connectivity index (χ1v) is 13.5. The molecular weight excluding hydrogens is 557 g/mol. The van der Waals surface area contributed by atoms with Crippen molar-refractivity contribution < 1.29 is 32.4 Å². The molecule has 0 aliphatic rings. The second-order valence-corrected chi connectivity index (χ2v) is 14.0. The molecule has 3 radical (unpaired) electrons. The summed E-state index contributed by atoms with van der Waals surface area (Å²) >= 11 is -0.416. The molecule has 0 unspecified atom stereocenters. The molecule has 103 valence electrons. The van der Waals surface area contributed by atoms with Gasteiger partial charge in [-0.3, -0.25) is 0 Å². The van der Waals surface area contributed by atoms with Crippen LogP contribution < -0.4 is 10.6 Å². The van der Waals surface area contributed by atoms with Crippen LogP contribution in [0.2, 0.25) is 0 Å². The Hall–Kier alpha value is -0.396. The van der Waals surface area contributed by atoms with Gasteiger partial charge >= 0.3 is 153 Å². The van der Waals surface area contributed by atoms with Gasteiger partial charge in [-0.2, -0.15) is 0 Å². The molecule has 5 heteroatoms. The van der Waals surface area contributed by atoms with Gasteiger partial charge in [-0.1, -0.05) is 0 Å². The molecule has 0 N–H and O–H groups in total. The molecule has 0 amide bonds. The summed E-state index contributed by atoms with van der Waals surface area (Å²) in [5, 5.41) is 0. The Kier molecular flexibility index (Phi) is 6.25. The van der Waals surface area contributed by atoms with Crippen LogP contribution in [0, 0.1) is 0 Å². The van der Waals surface area contributed by atoms with E-state index in [4.69, 9.17) is 3.07 Å². The first kappa shape index (κ1) is 17.0. The summed E-state index contributed by atoms with van der Waals surface area (Å²) in [6, 6.07) is 19.5. The molecule has 0 fully saturated rings. The van der Waals surface area contributed by atoms with Crippen LogP contribution in [0.1, 0.15) is 0 Å². The first-order chi connectivity index (χ1) is 10.0. The molecule has 0 spiro atoms. The SMILES string of the molecule is C[N+](C)(CC(=O)[O][Sn])c1cc[c]([Hg][c]2ccccc2)cc1. The van der Waals surface area contributed by atoms with Gasteiger partial charge in [-0.05, 0) is 0 Å².